The molecule has 3 N–H and O–H groups in total. The molecule has 1 atom stereocenters. The lowest BCUT2D eigenvalue weighted by molar-refractivity contribution is 0.318. The second-order valence-electron chi connectivity index (χ2n) is 4.45. The van der Waals surface area contributed by atoms with Crippen molar-refractivity contribution in [2.24, 2.45) is 10.9 Å². The predicted octanol–water partition coefficient (Wildman–Crippen LogP) is 3.69. The monoisotopic (exact) mass is 309 g/mol. The van der Waals surface area contributed by atoms with E-state index in [-0.39, 0.29) is 11.9 Å². The molecule has 1 unspecified atom stereocenters. The van der Waals surface area contributed by atoms with Crippen molar-refractivity contribution in [3.8, 4) is 0 Å². The van der Waals surface area contributed by atoms with E-state index in [1.54, 1.807) is 23.5 Å². The molecule has 0 saturated heterocycles. The van der Waals surface area contributed by atoms with Crippen LogP contribution in [0.1, 0.15) is 23.4 Å². The lowest BCUT2D eigenvalue weighted by Crippen LogP contribution is -2.21. The molecule has 0 saturated carbocycles. The Bertz CT molecular complexity index is 613. The fourth-order valence-electron chi connectivity index (χ4n) is 1.94. The molecule has 2 aromatic rings. The Morgan fingerprint density at radius 1 is 1.45 bits per heavy atom. The van der Waals surface area contributed by atoms with Gasteiger partial charge in [0, 0.05) is 17.5 Å². The van der Waals surface area contributed by atoms with Crippen LogP contribution >= 0.6 is 22.9 Å². The molecule has 4 nitrogen and oxygen atoms in total. The first-order valence-corrected chi connectivity index (χ1v) is 7.34. The Morgan fingerprint density at radius 2 is 2.20 bits per heavy atom. The molecule has 6 heteroatoms. The summed E-state index contributed by atoms with van der Waals surface area (Å²) in [6, 6.07) is 9.72. The van der Waals surface area contributed by atoms with Crippen molar-refractivity contribution < 1.29 is 5.21 Å². The predicted molar refractivity (Wildman–Crippen MR) is 85.1 cm³/mol. The van der Waals surface area contributed by atoms with Crippen molar-refractivity contribution in [1.29, 1.82) is 0 Å². The summed E-state index contributed by atoms with van der Waals surface area (Å²) in [6.07, 6.45) is 0. The molecule has 0 aliphatic heterocycles. The number of nitrogens with zero attached hydrogens (tertiary/aromatic N) is 2. The van der Waals surface area contributed by atoms with E-state index in [0.29, 0.717) is 10.6 Å². The highest BCUT2D eigenvalue weighted by Gasteiger charge is 2.16. The van der Waals surface area contributed by atoms with Crippen LogP contribution in [0.2, 0.25) is 5.02 Å². The van der Waals surface area contributed by atoms with E-state index in [2.05, 4.69) is 28.4 Å². The van der Waals surface area contributed by atoms with Crippen molar-refractivity contribution >= 4 is 34.5 Å². The van der Waals surface area contributed by atoms with Crippen LogP contribution < -0.4 is 10.6 Å². The van der Waals surface area contributed by atoms with Crippen LogP contribution in [0.25, 0.3) is 0 Å². The minimum atomic E-state index is 0.0485. The van der Waals surface area contributed by atoms with Gasteiger partial charge >= 0.3 is 0 Å². The van der Waals surface area contributed by atoms with E-state index < -0.39 is 0 Å². The number of hydrogen-bond donors (Lipinski definition) is 2. The van der Waals surface area contributed by atoms with Crippen molar-refractivity contribution in [3.05, 3.63) is 51.2 Å². The highest BCUT2D eigenvalue weighted by Crippen LogP contribution is 2.33. The van der Waals surface area contributed by atoms with Crippen LogP contribution in [-0.4, -0.2) is 18.1 Å². The van der Waals surface area contributed by atoms with Gasteiger partial charge in [0.1, 0.15) is 0 Å². The largest absolute Gasteiger partial charge is 0.409 e. The van der Waals surface area contributed by atoms with Gasteiger partial charge < -0.3 is 15.8 Å². The number of hydrogen-bond acceptors (Lipinski definition) is 4. The maximum atomic E-state index is 8.68. The summed E-state index contributed by atoms with van der Waals surface area (Å²) < 4.78 is 0. The average Bonchev–Trinajstić information content (AvgIpc) is 2.99. The summed E-state index contributed by atoms with van der Waals surface area (Å²) in [4.78, 5) is 3.37. The van der Waals surface area contributed by atoms with E-state index in [1.807, 2.05) is 19.2 Å². The topological polar surface area (TPSA) is 61.8 Å². The van der Waals surface area contributed by atoms with Gasteiger partial charge in [0.05, 0.1) is 16.8 Å². The molecule has 1 heterocycles. The zero-order valence-corrected chi connectivity index (χ0v) is 12.8. The maximum absolute atomic E-state index is 8.68. The zero-order valence-electron chi connectivity index (χ0n) is 11.2. The van der Waals surface area contributed by atoms with Gasteiger partial charge in [0.25, 0.3) is 0 Å². The van der Waals surface area contributed by atoms with Gasteiger partial charge in [-0.25, -0.2) is 0 Å². The standard InChI is InChI=1S/C14H16ClN3OS/c1-9(13-4-3-7-20-13)18(2)12-6-5-10(8-11(12)15)14(16)17-19/h3-9,19H,1-2H3,(H2,16,17). The van der Waals surface area contributed by atoms with Crippen LogP contribution in [0.4, 0.5) is 5.69 Å². The minimum absolute atomic E-state index is 0.0485. The number of anilines is 1. The molecule has 1 aromatic carbocycles. The minimum Gasteiger partial charge on any atom is -0.409 e. The van der Waals surface area contributed by atoms with Crippen LogP contribution in [0, 0.1) is 0 Å². The molecule has 0 spiro atoms. The number of oxime groups is 1. The Hall–Kier alpha value is -1.72. The van der Waals surface area contributed by atoms with Crippen molar-refractivity contribution in [2.75, 3.05) is 11.9 Å². The van der Waals surface area contributed by atoms with Crippen LogP contribution in [0.3, 0.4) is 0 Å². The number of nitrogens with two attached hydrogens (primary N) is 1. The van der Waals surface area contributed by atoms with E-state index in [0.717, 1.165) is 5.69 Å². The highest BCUT2D eigenvalue weighted by molar-refractivity contribution is 7.10. The van der Waals surface area contributed by atoms with Gasteiger partial charge in [-0.15, -0.1) is 11.3 Å². The van der Waals surface area contributed by atoms with Crippen molar-refractivity contribution in [1.82, 2.24) is 0 Å². The lowest BCUT2D eigenvalue weighted by Gasteiger charge is -2.27. The SMILES string of the molecule is CC(c1cccs1)N(C)c1ccc(C(N)=NO)cc1Cl. The quantitative estimate of drug-likeness (QED) is 0.392. The molecule has 106 valence electrons. The van der Waals surface area contributed by atoms with Crippen LogP contribution in [0.5, 0.6) is 0 Å². The molecule has 0 amide bonds. The number of thiophene rings is 1. The van der Waals surface area contributed by atoms with Crippen molar-refractivity contribution in [2.45, 2.75) is 13.0 Å². The van der Waals surface area contributed by atoms with E-state index >= 15 is 0 Å². The van der Waals surface area contributed by atoms with Gasteiger partial charge in [-0.3, -0.25) is 0 Å². The van der Waals surface area contributed by atoms with Crippen LogP contribution in [-0.2, 0) is 0 Å². The summed E-state index contributed by atoms with van der Waals surface area (Å²) >= 11 is 8.01. The molecular weight excluding hydrogens is 294 g/mol. The molecule has 0 bridgehead atoms. The fourth-order valence-corrected chi connectivity index (χ4v) is 3.08. The molecular formula is C14H16ClN3OS. The number of halogens is 1. The van der Waals surface area contributed by atoms with Gasteiger partial charge in [-0.05, 0) is 36.6 Å². The third kappa shape index (κ3) is 2.89. The molecule has 20 heavy (non-hydrogen) atoms. The highest BCUT2D eigenvalue weighted by atomic mass is 35.5. The number of amidine groups is 1. The van der Waals surface area contributed by atoms with Gasteiger partial charge in [0.2, 0.25) is 0 Å². The Kier molecular flexibility index (Phi) is 4.52. The third-order valence-corrected chi connectivity index (χ3v) is 4.61. The van der Waals surface area contributed by atoms with Crippen molar-refractivity contribution in [3.63, 3.8) is 0 Å². The summed E-state index contributed by atoms with van der Waals surface area (Å²) in [5.41, 5.74) is 7.06. The third-order valence-electron chi connectivity index (χ3n) is 3.27. The first-order chi connectivity index (χ1) is 9.54. The normalized spacial score (nSPS) is 13.2. The maximum Gasteiger partial charge on any atom is 0.170 e. The summed E-state index contributed by atoms with van der Waals surface area (Å²) in [7, 11) is 1.99. The Labute approximate surface area is 127 Å². The summed E-state index contributed by atoms with van der Waals surface area (Å²) in [5, 5.41) is 14.3. The second kappa shape index (κ2) is 6.15. The molecule has 0 aliphatic rings. The summed E-state index contributed by atoms with van der Waals surface area (Å²) in [6.45, 7) is 2.12. The second-order valence-corrected chi connectivity index (χ2v) is 5.84. The molecule has 0 aliphatic carbocycles. The first kappa shape index (κ1) is 14.7. The summed E-state index contributed by atoms with van der Waals surface area (Å²) in [5.74, 6) is 0.0485. The number of rotatable bonds is 4. The lowest BCUT2D eigenvalue weighted by atomic mass is 10.1. The first-order valence-electron chi connectivity index (χ1n) is 6.08. The molecule has 0 radical (unpaired) electrons. The zero-order chi connectivity index (χ0) is 14.7. The fraction of sp³-hybridized carbons (Fsp3) is 0.214. The van der Waals surface area contributed by atoms with E-state index in [1.165, 1.54) is 4.88 Å². The Balaban J connectivity index is 2.29. The van der Waals surface area contributed by atoms with Gasteiger partial charge in [-0.2, -0.15) is 0 Å². The van der Waals surface area contributed by atoms with Crippen LogP contribution in [0.15, 0.2) is 40.9 Å². The van der Waals surface area contributed by atoms with E-state index in [4.69, 9.17) is 22.5 Å². The molecule has 1 aromatic heterocycles. The smallest absolute Gasteiger partial charge is 0.170 e. The van der Waals surface area contributed by atoms with E-state index in [9.17, 15) is 0 Å². The average molecular weight is 310 g/mol. The molecule has 0 fully saturated rings. The Morgan fingerprint density at radius 3 is 2.75 bits per heavy atom. The number of benzene rings is 1. The van der Waals surface area contributed by atoms with Gasteiger partial charge in [0.15, 0.2) is 5.84 Å². The van der Waals surface area contributed by atoms with Gasteiger partial charge in [-0.1, -0.05) is 22.8 Å². The molecule has 2 rings (SSSR count).